The number of H-pyrrole nitrogens is 2. The molecule has 13 unspecified atom stereocenters. The number of guanidine groups is 1. The zero-order valence-corrected chi connectivity index (χ0v) is 81.7. The van der Waals surface area contributed by atoms with Crippen LogP contribution in [0.2, 0.25) is 0 Å². The number of phenols is 1. The van der Waals surface area contributed by atoms with Crippen LogP contribution in [0.15, 0.2) is 103 Å². The number of likely N-dealkylation sites (N-methyl/N-ethyl adjacent to an activating group) is 3. The number of hydrogen-bond donors (Lipinski definition) is 21. The van der Waals surface area contributed by atoms with Crippen LogP contribution in [0, 0.1) is 11.3 Å². The van der Waals surface area contributed by atoms with Crippen molar-refractivity contribution < 1.29 is 102 Å². The lowest BCUT2D eigenvalue weighted by Gasteiger charge is -2.36. The molecule has 2 aromatic heterocycles. The van der Waals surface area contributed by atoms with E-state index in [1.807, 2.05) is 20.8 Å². The van der Waals surface area contributed by atoms with E-state index in [1.54, 1.807) is 92.8 Å². The summed E-state index contributed by atoms with van der Waals surface area (Å²) in [5.74, 6) is -17.8. The molecule has 0 spiro atoms. The number of rotatable bonds is 28. The molecule has 0 saturated carbocycles. The second-order valence-electron chi connectivity index (χ2n) is 36.1. The SMILES string of the molecule is CCCCC1C(=O)N(C)C(CCCC)C(=O)NC(CCCNC(=N)N)C(=O)NC(C(=O)NCC(N)=O)CSCC(=O)NC(Cc2ccc(O)cc2)C(=O)N(C)C(C)C(=O)NC(CC(N)=O)C(=O)N2CCCC2C(=O)NC(CN)C(=O)NC(CC(C)C)C(=O)N2C[C@H](O)CC2C(=O)NC(Cc2c[nH]c3ccccc23)C(=O)N[C@@H](CO)C(=O)NC(Cc2c(-c3ccc(OCC)cc3)[nH]c3ccccc23)C(=O)N1C. The maximum Gasteiger partial charge on any atom is 0.246 e. The van der Waals surface area contributed by atoms with E-state index >= 15 is 38.4 Å². The zero-order valence-electron chi connectivity index (χ0n) is 80.9. The Balaban J connectivity index is 1.13. The van der Waals surface area contributed by atoms with Crippen LogP contribution in [0.1, 0.15) is 142 Å². The number of unbranched alkanes of at least 4 members (excludes halogenated alkanes) is 2. The molecule has 3 aliphatic heterocycles. The molecule has 0 aliphatic carbocycles. The number of aromatic amines is 2. The maximum absolute atomic E-state index is 16.3. The van der Waals surface area contributed by atoms with E-state index in [2.05, 4.69) is 68.5 Å². The summed E-state index contributed by atoms with van der Waals surface area (Å²) in [6, 6.07) is 4.50. The number of benzene rings is 4. The highest BCUT2D eigenvalue weighted by molar-refractivity contribution is 8.00. The van der Waals surface area contributed by atoms with Gasteiger partial charge in [-0.25, -0.2) is 0 Å². The number of amides is 17. The minimum atomic E-state index is -1.94. The van der Waals surface area contributed by atoms with E-state index in [-0.39, 0.29) is 89.0 Å². The Morgan fingerprint density at radius 2 is 1.14 bits per heavy atom. The first-order valence-corrected chi connectivity index (χ1v) is 48.6. The first-order chi connectivity index (χ1) is 67.2. The second kappa shape index (κ2) is 52.9. The van der Waals surface area contributed by atoms with Gasteiger partial charge in [0.2, 0.25) is 100 Å². The minimum absolute atomic E-state index is 0.0216. The van der Waals surface area contributed by atoms with Crippen molar-refractivity contribution in [2.24, 2.45) is 28.9 Å². The van der Waals surface area contributed by atoms with Gasteiger partial charge >= 0.3 is 0 Å². The number of fused-ring (bicyclic) bond motifs is 4. The van der Waals surface area contributed by atoms with Crippen LogP contribution in [-0.2, 0) is 101 Å². The Hall–Kier alpha value is -14.0. The number of nitrogens with zero attached hydrogens (tertiary/aromatic N) is 5. The number of primary amides is 2. The van der Waals surface area contributed by atoms with Crippen molar-refractivity contribution in [3.8, 4) is 22.8 Å². The van der Waals surface area contributed by atoms with Crippen molar-refractivity contribution in [1.29, 1.82) is 5.41 Å². The molecular weight excluding hydrogens is 1840 g/mol. The van der Waals surface area contributed by atoms with E-state index in [0.29, 0.717) is 87.8 Å². The molecule has 5 heterocycles. The van der Waals surface area contributed by atoms with Gasteiger partial charge in [0.25, 0.3) is 0 Å². The lowest BCUT2D eigenvalue weighted by Crippen LogP contribution is -2.62. The molecule has 9 rings (SSSR count). The predicted molar refractivity (Wildman–Crippen MR) is 523 cm³/mol. The molecule has 766 valence electrons. The molecule has 6 aromatic rings. The van der Waals surface area contributed by atoms with Crippen LogP contribution < -0.4 is 86.2 Å². The fraction of sp³-hybridized carbons (Fsp3) is 0.521. The fourth-order valence-electron chi connectivity index (χ4n) is 17.4. The summed E-state index contributed by atoms with van der Waals surface area (Å²) in [4.78, 5) is 263. The molecule has 3 aliphatic rings. The molecule has 0 radical (unpaired) electrons. The lowest BCUT2D eigenvalue weighted by atomic mass is 9.96. The van der Waals surface area contributed by atoms with Crippen LogP contribution in [0.3, 0.4) is 0 Å². The Bertz CT molecular complexity index is 5450. The van der Waals surface area contributed by atoms with Gasteiger partial charge in [-0.1, -0.05) is 102 Å². The Morgan fingerprint density at radius 3 is 1.79 bits per heavy atom. The molecule has 0 bridgehead atoms. The average molecular weight is 1980 g/mol. The fourth-order valence-corrected chi connectivity index (χ4v) is 18.3. The molecule has 17 amide bonds. The van der Waals surface area contributed by atoms with Gasteiger partial charge < -0.3 is 136 Å². The van der Waals surface area contributed by atoms with Crippen molar-refractivity contribution in [3.63, 3.8) is 0 Å². The zero-order chi connectivity index (χ0) is 103. The van der Waals surface area contributed by atoms with Crippen LogP contribution >= 0.6 is 11.8 Å². The molecule has 4 aromatic carbocycles. The largest absolute Gasteiger partial charge is 0.508 e. The maximum atomic E-state index is 16.3. The van der Waals surface area contributed by atoms with E-state index in [4.69, 9.17) is 33.1 Å². The van der Waals surface area contributed by atoms with Crippen molar-refractivity contribution in [1.82, 2.24) is 93.0 Å². The quantitative estimate of drug-likeness (QED) is 0.0145. The lowest BCUT2D eigenvalue weighted by molar-refractivity contribution is -0.149. The average Bonchev–Trinajstić information content (AvgIpc) is 1.08. The summed E-state index contributed by atoms with van der Waals surface area (Å²) in [6.45, 7) is 7.49. The summed E-state index contributed by atoms with van der Waals surface area (Å²) >= 11 is 0.756. The number of para-hydroxylation sites is 2. The number of ether oxygens (including phenoxy) is 1. The highest BCUT2D eigenvalue weighted by Crippen LogP contribution is 2.34. The number of thioether (sulfide) groups is 1. The molecular formula is C96H135N23O21S. The van der Waals surface area contributed by atoms with E-state index < -0.39 is 248 Å². The van der Waals surface area contributed by atoms with E-state index in [9.17, 15) is 58.5 Å². The molecule has 3 saturated heterocycles. The standard InChI is InChI=1S/C96H135N23O21S/c1-10-13-26-74-88(132)107-65(25-19-37-102-96(100)101)84(128)114-73(83(127)104-47-79(99)124)50-141-51-80(125)105-68(40-54-29-33-57(121)34-30-54)91(135)115(7)53(6)82(126)109-70(44-78(98)123)93(137)118-38-20-28-75(118)89(133)112-71(45-97)86(130)110-67(39-52(4)5)94(138)119-48-58(122)42-77(119)90(134)108-66(41-56-46-103-63-23-17-15-21-60(56)63)85(129)113-72(49-120)87(131)111-69(92(136)117(9)76(27-14-11-2)95(139)116(74)8)43-62-61-22-16-18-24-64(61)106-81(62)55-31-35-59(36-32-55)140-12-3/h15-18,21-24,29-36,46,52-53,58,65-77,103,106,120-122H,10-14,19-20,25-28,37-45,47-51,97H2,1-9H3,(H2,98,123)(H2,99,124)(H,104,127)(H,105,125)(H,107,132)(H,108,134)(H,109,126)(H,110,130)(H,111,131)(H,112,133)(H,113,129)(H,114,128)(H4,100,101,102)/t53?,58-,65?,66?,67?,68?,69?,70?,71?,72+,73?,74?,75?,76?,77?/m1/s1. The van der Waals surface area contributed by atoms with Gasteiger partial charge in [-0.3, -0.25) is 86.9 Å². The van der Waals surface area contributed by atoms with E-state index in [1.165, 1.54) is 52.3 Å². The van der Waals surface area contributed by atoms with Crippen LogP contribution in [-0.4, -0.2) is 325 Å². The minimum Gasteiger partial charge on any atom is -0.508 e. The van der Waals surface area contributed by atoms with Gasteiger partial charge in [0.15, 0.2) is 5.96 Å². The second-order valence-corrected chi connectivity index (χ2v) is 37.1. The molecule has 45 heteroatoms. The Kier molecular flexibility index (Phi) is 41.5. The predicted octanol–water partition coefficient (Wildman–Crippen LogP) is -1.87. The van der Waals surface area contributed by atoms with Gasteiger partial charge in [0, 0.05) is 112 Å². The van der Waals surface area contributed by atoms with Crippen LogP contribution in [0.25, 0.3) is 33.1 Å². The number of carbonyl (C=O) groups excluding carboxylic acids is 17. The number of aromatic hydroxyl groups is 1. The van der Waals surface area contributed by atoms with Crippen molar-refractivity contribution in [3.05, 3.63) is 120 Å². The van der Waals surface area contributed by atoms with Crippen molar-refractivity contribution in [2.75, 3.05) is 78.6 Å². The number of aliphatic hydroxyl groups is 2. The van der Waals surface area contributed by atoms with Gasteiger partial charge in [0.1, 0.15) is 96.1 Å². The highest BCUT2D eigenvalue weighted by atomic mass is 32.2. The smallest absolute Gasteiger partial charge is 0.246 e. The summed E-state index contributed by atoms with van der Waals surface area (Å²) in [7, 11) is 3.90. The molecule has 25 N–H and O–H groups in total. The summed E-state index contributed by atoms with van der Waals surface area (Å²) < 4.78 is 5.80. The number of phenolic OH excluding ortho intramolecular Hbond substituents is 1. The number of nitrogens with one attached hydrogen (secondary N) is 14. The van der Waals surface area contributed by atoms with Gasteiger partial charge in [-0.2, -0.15) is 0 Å². The number of hydrogen-bond acceptors (Lipinski definition) is 24. The number of carbonyl (C=O) groups is 17. The topological polar surface area (TPSA) is 668 Å². The van der Waals surface area contributed by atoms with Crippen LogP contribution in [0.5, 0.6) is 11.5 Å². The van der Waals surface area contributed by atoms with E-state index in [0.717, 1.165) is 36.3 Å². The summed E-state index contributed by atoms with van der Waals surface area (Å²) in [6.07, 6.45) is -0.670. The third-order valence-electron chi connectivity index (χ3n) is 25.2. The number of aromatic nitrogens is 2. The first kappa shape index (κ1) is 111. The monoisotopic (exact) mass is 1980 g/mol. The van der Waals surface area contributed by atoms with Gasteiger partial charge in [-0.15, -0.1) is 11.8 Å². The Morgan fingerprint density at radius 1 is 0.567 bits per heavy atom. The molecule has 141 heavy (non-hydrogen) atoms. The molecule has 44 nitrogen and oxygen atoms in total. The number of aliphatic hydroxyl groups excluding tert-OH is 2. The normalized spacial score (nSPS) is 24.2. The van der Waals surface area contributed by atoms with Crippen LogP contribution in [0.4, 0.5) is 0 Å². The molecule has 15 atom stereocenters. The Labute approximate surface area is 820 Å². The van der Waals surface area contributed by atoms with Crippen molar-refractivity contribution >= 4 is 140 Å². The van der Waals surface area contributed by atoms with Gasteiger partial charge in [0.05, 0.1) is 38.0 Å². The van der Waals surface area contributed by atoms with Crippen molar-refractivity contribution in [2.45, 2.75) is 235 Å². The third-order valence-corrected chi connectivity index (χ3v) is 26.2. The first-order valence-electron chi connectivity index (χ1n) is 47.5. The van der Waals surface area contributed by atoms with Gasteiger partial charge in [-0.05, 0) is 135 Å². The third kappa shape index (κ3) is 30.5. The molecule has 3 fully saturated rings. The highest BCUT2D eigenvalue weighted by Gasteiger charge is 2.47. The summed E-state index contributed by atoms with van der Waals surface area (Å²) in [5, 5.41) is 71.2. The summed E-state index contributed by atoms with van der Waals surface area (Å²) in [5.41, 5.74) is 26.7. The number of nitrogens with two attached hydrogens (primary N) is 4.